The Bertz CT molecular complexity index is 929. The molecular formula is C21H24N4O2. The fourth-order valence-corrected chi connectivity index (χ4v) is 3.68. The van der Waals surface area contributed by atoms with Crippen LogP contribution in [0.4, 0.5) is 5.69 Å². The lowest BCUT2D eigenvalue weighted by molar-refractivity contribution is 0.0600. The summed E-state index contributed by atoms with van der Waals surface area (Å²) in [6.45, 7) is 2.93. The Balaban J connectivity index is 1.31. The highest BCUT2D eigenvalue weighted by molar-refractivity contribution is 5.89. The first-order valence-electron chi connectivity index (χ1n) is 9.30. The zero-order valence-corrected chi connectivity index (χ0v) is 15.4. The monoisotopic (exact) mass is 364 g/mol. The summed E-state index contributed by atoms with van der Waals surface area (Å²) < 4.78 is 4.81. The molecule has 1 aliphatic rings. The first kappa shape index (κ1) is 17.5. The van der Waals surface area contributed by atoms with Crippen molar-refractivity contribution in [3.63, 3.8) is 0 Å². The van der Waals surface area contributed by atoms with E-state index in [0.717, 1.165) is 54.6 Å². The molecular weight excluding hydrogens is 340 g/mol. The van der Waals surface area contributed by atoms with Crippen molar-refractivity contribution < 1.29 is 9.53 Å². The molecule has 140 valence electrons. The van der Waals surface area contributed by atoms with Gasteiger partial charge in [-0.3, -0.25) is 10.00 Å². The lowest BCUT2D eigenvalue weighted by Crippen LogP contribution is -2.38. The summed E-state index contributed by atoms with van der Waals surface area (Å²) in [6.07, 6.45) is 4.05. The third-order valence-electron chi connectivity index (χ3n) is 5.15. The quantitative estimate of drug-likeness (QED) is 0.679. The minimum absolute atomic E-state index is 0.283. The number of piperidine rings is 1. The molecule has 0 saturated carbocycles. The molecule has 27 heavy (non-hydrogen) atoms. The zero-order chi connectivity index (χ0) is 18.6. The van der Waals surface area contributed by atoms with Crippen molar-refractivity contribution in [2.45, 2.75) is 25.4 Å². The van der Waals surface area contributed by atoms with Gasteiger partial charge in [-0.05, 0) is 48.7 Å². The smallest absolute Gasteiger partial charge is 0.337 e. The topological polar surface area (TPSA) is 70.2 Å². The van der Waals surface area contributed by atoms with Gasteiger partial charge in [-0.25, -0.2) is 4.79 Å². The van der Waals surface area contributed by atoms with E-state index in [1.807, 2.05) is 18.3 Å². The number of ether oxygens (including phenoxy) is 1. The van der Waals surface area contributed by atoms with Crippen molar-refractivity contribution in [3.8, 4) is 0 Å². The number of anilines is 1. The van der Waals surface area contributed by atoms with E-state index in [2.05, 4.69) is 44.7 Å². The van der Waals surface area contributed by atoms with Gasteiger partial charge in [0.15, 0.2) is 0 Å². The van der Waals surface area contributed by atoms with E-state index in [1.54, 1.807) is 6.07 Å². The predicted octanol–water partition coefficient (Wildman–Crippen LogP) is 3.43. The van der Waals surface area contributed by atoms with Crippen LogP contribution in [0.15, 0.2) is 48.7 Å². The number of carbonyl (C=O) groups excluding carboxylic acids is 1. The number of H-pyrrole nitrogens is 1. The maximum absolute atomic E-state index is 11.7. The lowest BCUT2D eigenvalue weighted by atomic mass is 10.0. The number of nitrogens with zero attached hydrogens (tertiary/aromatic N) is 2. The van der Waals surface area contributed by atoms with Gasteiger partial charge in [0.1, 0.15) is 0 Å². The number of carbonyl (C=O) groups is 1. The SMILES string of the molecule is COC(=O)c1cccc(CN2CCC(Nc3ccc4[nH]ncc4c3)CC2)c1. The molecule has 0 spiro atoms. The van der Waals surface area contributed by atoms with Crippen LogP contribution in [0.2, 0.25) is 0 Å². The Labute approximate surface area is 158 Å². The molecule has 1 fully saturated rings. The van der Waals surface area contributed by atoms with E-state index in [1.165, 1.54) is 7.11 Å². The molecule has 6 heteroatoms. The van der Waals surface area contributed by atoms with Crippen LogP contribution in [0.25, 0.3) is 10.9 Å². The minimum Gasteiger partial charge on any atom is -0.465 e. The van der Waals surface area contributed by atoms with Crippen molar-refractivity contribution >= 4 is 22.6 Å². The van der Waals surface area contributed by atoms with E-state index in [4.69, 9.17) is 4.74 Å². The van der Waals surface area contributed by atoms with Crippen LogP contribution in [-0.2, 0) is 11.3 Å². The molecule has 0 atom stereocenters. The summed E-state index contributed by atoms with van der Waals surface area (Å²) in [5.74, 6) is -0.283. The summed E-state index contributed by atoms with van der Waals surface area (Å²) in [5.41, 5.74) is 3.97. The molecule has 3 aromatic rings. The van der Waals surface area contributed by atoms with Gasteiger partial charge in [0.25, 0.3) is 0 Å². The number of fused-ring (bicyclic) bond motifs is 1. The highest BCUT2D eigenvalue weighted by atomic mass is 16.5. The first-order chi connectivity index (χ1) is 13.2. The first-order valence-corrected chi connectivity index (χ1v) is 9.30. The molecule has 2 heterocycles. The molecule has 1 aliphatic heterocycles. The van der Waals surface area contributed by atoms with Gasteiger partial charge in [-0.1, -0.05) is 12.1 Å². The second kappa shape index (κ2) is 7.80. The fraction of sp³-hybridized carbons (Fsp3) is 0.333. The van der Waals surface area contributed by atoms with Crippen molar-refractivity contribution in [2.75, 3.05) is 25.5 Å². The van der Waals surface area contributed by atoms with Crippen LogP contribution in [-0.4, -0.2) is 47.3 Å². The van der Waals surface area contributed by atoms with E-state index in [0.29, 0.717) is 11.6 Å². The van der Waals surface area contributed by atoms with Gasteiger partial charge in [-0.15, -0.1) is 0 Å². The van der Waals surface area contributed by atoms with Crippen molar-refractivity contribution in [1.29, 1.82) is 0 Å². The number of hydrogen-bond donors (Lipinski definition) is 2. The Morgan fingerprint density at radius 1 is 1.26 bits per heavy atom. The molecule has 0 amide bonds. The van der Waals surface area contributed by atoms with Crippen LogP contribution in [0, 0.1) is 0 Å². The van der Waals surface area contributed by atoms with E-state index in [-0.39, 0.29) is 5.97 Å². The fourth-order valence-electron chi connectivity index (χ4n) is 3.68. The van der Waals surface area contributed by atoms with Crippen LogP contribution in [0.1, 0.15) is 28.8 Å². The second-order valence-electron chi connectivity index (χ2n) is 7.06. The minimum atomic E-state index is -0.283. The van der Waals surface area contributed by atoms with Gasteiger partial charge in [0.05, 0.1) is 24.4 Å². The summed E-state index contributed by atoms with van der Waals surface area (Å²) in [4.78, 5) is 14.1. The number of methoxy groups -OCH3 is 1. The van der Waals surface area contributed by atoms with Gasteiger partial charge < -0.3 is 10.1 Å². The number of aromatic amines is 1. The summed E-state index contributed by atoms with van der Waals surface area (Å²) in [6, 6.07) is 14.5. The normalized spacial score (nSPS) is 15.7. The molecule has 6 nitrogen and oxygen atoms in total. The van der Waals surface area contributed by atoms with Crippen LogP contribution < -0.4 is 5.32 Å². The predicted molar refractivity (Wildman–Crippen MR) is 106 cm³/mol. The average molecular weight is 364 g/mol. The van der Waals surface area contributed by atoms with Crippen LogP contribution in [0.5, 0.6) is 0 Å². The summed E-state index contributed by atoms with van der Waals surface area (Å²) in [5, 5.41) is 11.8. The number of nitrogens with one attached hydrogen (secondary N) is 2. The molecule has 1 aromatic heterocycles. The molecule has 2 N–H and O–H groups in total. The number of aromatic nitrogens is 2. The number of esters is 1. The summed E-state index contributed by atoms with van der Waals surface area (Å²) >= 11 is 0. The van der Waals surface area contributed by atoms with Gasteiger partial charge in [0.2, 0.25) is 0 Å². The molecule has 1 saturated heterocycles. The summed E-state index contributed by atoms with van der Waals surface area (Å²) in [7, 11) is 1.41. The molecule has 0 unspecified atom stereocenters. The number of rotatable bonds is 5. The lowest BCUT2D eigenvalue weighted by Gasteiger charge is -2.33. The van der Waals surface area contributed by atoms with E-state index >= 15 is 0 Å². The Morgan fingerprint density at radius 2 is 2.11 bits per heavy atom. The van der Waals surface area contributed by atoms with E-state index < -0.39 is 0 Å². The Kier molecular flexibility index (Phi) is 5.07. The largest absolute Gasteiger partial charge is 0.465 e. The molecule has 0 bridgehead atoms. The molecule has 0 radical (unpaired) electrons. The Hall–Kier alpha value is -2.86. The Morgan fingerprint density at radius 3 is 2.93 bits per heavy atom. The average Bonchev–Trinajstić information content (AvgIpc) is 3.17. The standard InChI is InChI=1S/C21H24N4O2/c1-27-21(26)16-4-2-3-15(11-16)14-25-9-7-18(8-10-25)23-19-5-6-20-17(12-19)13-22-24-20/h2-6,11-13,18,23H,7-10,14H2,1H3,(H,22,24). The van der Waals surface area contributed by atoms with E-state index in [9.17, 15) is 4.79 Å². The van der Waals surface area contributed by atoms with Crippen molar-refractivity contribution in [1.82, 2.24) is 15.1 Å². The maximum atomic E-state index is 11.7. The van der Waals surface area contributed by atoms with Gasteiger partial charge >= 0.3 is 5.97 Å². The number of hydrogen-bond acceptors (Lipinski definition) is 5. The zero-order valence-electron chi connectivity index (χ0n) is 15.4. The number of likely N-dealkylation sites (tertiary alicyclic amines) is 1. The van der Waals surface area contributed by atoms with Crippen molar-refractivity contribution in [2.24, 2.45) is 0 Å². The number of benzene rings is 2. The molecule has 0 aliphatic carbocycles. The molecule has 4 rings (SSSR count). The third-order valence-corrected chi connectivity index (χ3v) is 5.15. The highest BCUT2D eigenvalue weighted by Crippen LogP contribution is 2.21. The second-order valence-corrected chi connectivity index (χ2v) is 7.06. The van der Waals surface area contributed by atoms with Gasteiger partial charge in [-0.2, -0.15) is 5.10 Å². The third kappa shape index (κ3) is 4.11. The van der Waals surface area contributed by atoms with Gasteiger partial charge in [0, 0.05) is 36.7 Å². The highest BCUT2D eigenvalue weighted by Gasteiger charge is 2.19. The van der Waals surface area contributed by atoms with Crippen LogP contribution in [0.3, 0.4) is 0 Å². The maximum Gasteiger partial charge on any atom is 0.337 e. The van der Waals surface area contributed by atoms with Crippen molar-refractivity contribution in [3.05, 3.63) is 59.8 Å². The van der Waals surface area contributed by atoms with Crippen LogP contribution >= 0.6 is 0 Å². The molecule has 2 aromatic carbocycles.